The lowest BCUT2D eigenvalue weighted by Gasteiger charge is -2.64. The Balaban J connectivity index is 1.79. The van der Waals surface area contributed by atoms with Gasteiger partial charge in [0.1, 0.15) is 5.60 Å². The summed E-state index contributed by atoms with van der Waals surface area (Å²) in [5.41, 5.74) is -2.69. The molecule has 0 amide bonds. The van der Waals surface area contributed by atoms with Gasteiger partial charge in [-0.05, 0) is 69.1 Å². The summed E-state index contributed by atoms with van der Waals surface area (Å²) in [6.45, 7) is 5.54. The van der Waals surface area contributed by atoms with Crippen LogP contribution < -0.4 is 0 Å². The van der Waals surface area contributed by atoms with Crippen LogP contribution in [0.1, 0.15) is 65.7 Å². The van der Waals surface area contributed by atoms with Gasteiger partial charge in [0.2, 0.25) is 0 Å². The lowest BCUT2D eigenvalue weighted by atomic mass is 9.44. The number of rotatable bonds is 1. The summed E-state index contributed by atoms with van der Waals surface area (Å²) in [6, 6.07) is 0. The molecule has 0 radical (unpaired) electrons. The van der Waals surface area contributed by atoms with Gasteiger partial charge in [0, 0.05) is 0 Å². The first-order valence-corrected chi connectivity index (χ1v) is 10.2. The minimum Gasteiger partial charge on any atom is -0.393 e. The van der Waals surface area contributed by atoms with Gasteiger partial charge in [-0.25, -0.2) is 0 Å². The van der Waals surface area contributed by atoms with Crippen molar-refractivity contribution < 1.29 is 25.5 Å². The summed E-state index contributed by atoms with van der Waals surface area (Å²) >= 11 is 0. The first-order valence-electron chi connectivity index (χ1n) is 10.2. The molecule has 0 aromatic carbocycles. The van der Waals surface area contributed by atoms with Crippen LogP contribution in [0.15, 0.2) is 11.6 Å². The van der Waals surface area contributed by atoms with Gasteiger partial charge in [-0.2, -0.15) is 0 Å². The largest absolute Gasteiger partial charge is 0.393 e. The number of hydrogen-bond donors (Lipinski definition) is 5. The molecule has 0 aromatic rings. The Morgan fingerprint density at radius 1 is 1.08 bits per heavy atom. The smallest absolute Gasteiger partial charge is 0.101 e. The Morgan fingerprint density at radius 3 is 2.42 bits per heavy atom. The van der Waals surface area contributed by atoms with Crippen molar-refractivity contribution >= 4 is 0 Å². The summed E-state index contributed by atoms with van der Waals surface area (Å²) < 4.78 is 0. The molecule has 0 bridgehead atoms. The van der Waals surface area contributed by atoms with E-state index in [2.05, 4.69) is 13.0 Å². The topological polar surface area (TPSA) is 101 Å². The first-order chi connectivity index (χ1) is 12.0. The molecule has 5 nitrogen and oxygen atoms in total. The maximum atomic E-state index is 11.9. The molecule has 26 heavy (non-hydrogen) atoms. The molecule has 3 fully saturated rings. The van der Waals surface area contributed by atoms with E-state index in [1.54, 1.807) is 13.8 Å². The molecule has 4 rings (SSSR count). The van der Waals surface area contributed by atoms with Crippen LogP contribution >= 0.6 is 0 Å². The molecule has 3 saturated carbocycles. The Labute approximate surface area is 155 Å². The quantitative estimate of drug-likeness (QED) is 0.453. The first kappa shape index (κ1) is 18.9. The van der Waals surface area contributed by atoms with Crippen molar-refractivity contribution in [3.63, 3.8) is 0 Å². The SMILES string of the molecule is CC(O)C1(O)CCC2(O)C3CC=C4CC(O)CCC4(C)C3CC(O)C12C. The predicted octanol–water partition coefficient (Wildman–Crippen LogP) is 1.51. The maximum absolute atomic E-state index is 11.9. The van der Waals surface area contributed by atoms with Crippen molar-refractivity contribution in [3.05, 3.63) is 11.6 Å². The van der Waals surface area contributed by atoms with Crippen molar-refractivity contribution in [1.82, 2.24) is 0 Å². The van der Waals surface area contributed by atoms with Gasteiger partial charge in [-0.1, -0.05) is 25.5 Å². The fourth-order valence-corrected chi connectivity index (χ4v) is 7.33. The molecule has 5 heteroatoms. The third-order valence-corrected chi connectivity index (χ3v) is 9.24. The molecule has 0 aromatic heterocycles. The Bertz CT molecular complexity index is 632. The lowest BCUT2D eigenvalue weighted by molar-refractivity contribution is -0.273. The fraction of sp³-hybridized carbons (Fsp3) is 0.905. The minimum absolute atomic E-state index is 0.0485. The van der Waals surface area contributed by atoms with E-state index in [9.17, 15) is 25.5 Å². The monoisotopic (exact) mass is 366 g/mol. The highest BCUT2D eigenvalue weighted by Crippen LogP contribution is 2.69. The summed E-state index contributed by atoms with van der Waals surface area (Å²) in [6.07, 6.45) is 4.22. The van der Waals surface area contributed by atoms with E-state index in [0.29, 0.717) is 32.1 Å². The second kappa shape index (κ2) is 5.54. The maximum Gasteiger partial charge on any atom is 0.101 e. The second-order valence-electron chi connectivity index (χ2n) is 9.97. The van der Waals surface area contributed by atoms with E-state index in [1.165, 1.54) is 5.57 Å². The normalized spacial score (nSPS) is 57.6. The summed E-state index contributed by atoms with van der Waals surface area (Å²) in [5.74, 6) is 0.0760. The molecule has 9 unspecified atom stereocenters. The number of aliphatic hydroxyl groups is 5. The fourth-order valence-electron chi connectivity index (χ4n) is 7.33. The average molecular weight is 366 g/mol. The summed E-state index contributed by atoms with van der Waals surface area (Å²) in [5, 5.41) is 54.7. The van der Waals surface area contributed by atoms with Crippen molar-refractivity contribution in [3.8, 4) is 0 Å². The van der Waals surface area contributed by atoms with Crippen LogP contribution in [0.3, 0.4) is 0 Å². The Morgan fingerprint density at radius 2 is 1.77 bits per heavy atom. The zero-order chi connectivity index (χ0) is 19.1. The van der Waals surface area contributed by atoms with Crippen molar-refractivity contribution in [2.24, 2.45) is 22.7 Å². The number of fused-ring (bicyclic) bond motifs is 5. The molecule has 9 atom stereocenters. The molecular formula is C21H34O5. The zero-order valence-corrected chi connectivity index (χ0v) is 16.1. The predicted molar refractivity (Wildman–Crippen MR) is 97.2 cm³/mol. The molecule has 0 spiro atoms. The Kier molecular flexibility index (Phi) is 4.02. The third kappa shape index (κ3) is 1.99. The van der Waals surface area contributed by atoms with Gasteiger partial charge in [-0.15, -0.1) is 0 Å². The van der Waals surface area contributed by atoms with Crippen LogP contribution in [0.4, 0.5) is 0 Å². The van der Waals surface area contributed by atoms with Crippen LogP contribution in [-0.4, -0.2) is 55.0 Å². The molecule has 4 aliphatic carbocycles. The minimum atomic E-state index is -1.49. The summed E-state index contributed by atoms with van der Waals surface area (Å²) in [4.78, 5) is 0. The average Bonchev–Trinajstić information content (AvgIpc) is 2.80. The van der Waals surface area contributed by atoms with Crippen molar-refractivity contribution in [2.75, 3.05) is 0 Å². The van der Waals surface area contributed by atoms with Gasteiger partial charge in [0.15, 0.2) is 0 Å². The van der Waals surface area contributed by atoms with Gasteiger partial charge >= 0.3 is 0 Å². The number of aliphatic hydroxyl groups excluding tert-OH is 3. The molecule has 0 aliphatic heterocycles. The standard InChI is InChI=1S/C21H34O5/c1-12(22)20(25)8-9-21(26)15-5-4-13-10-14(23)6-7-18(13,2)16(15)11-17(24)19(20,21)3/h4,12,14-17,22-26H,5-11H2,1-3H3. The molecule has 0 heterocycles. The highest BCUT2D eigenvalue weighted by atomic mass is 16.4. The van der Waals surface area contributed by atoms with Crippen LogP contribution in [0.25, 0.3) is 0 Å². The van der Waals surface area contributed by atoms with E-state index >= 15 is 0 Å². The molecule has 148 valence electrons. The van der Waals surface area contributed by atoms with Gasteiger partial charge in [0.05, 0.1) is 29.3 Å². The van der Waals surface area contributed by atoms with E-state index < -0.39 is 28.8 Å². The van der Waals surface area contributed by atoms with Gasteiger partial charge in [-0.3, -0.25) is 0 Å². The molecule has 0 saturated heterocycles. The zero-order valence-electron chi connectivity index (χ0n) is 16.1. The van der Waals surface area contributed by atoms with Crippen LogP contribution in [0, 0.1) is 22.7 Å². The van der Waals surface area contributed by atoms with Crippen LogP contribution in [-0.2, 0) is 0 Å². The van der Waals surface area contributed by atoms with E-state index in [4.69, 9.17) is 0 Å². The van der Waals surface area contributed by atoms with Crippen molar-refractivity contribution in [2.45, 2.75) is 95.2 Å². The van der Waals surface area contributed by atoms with Gasteiger partial charge < -0.3 is 25.5 Å². The summed E-state index contributed by atoms with van der Waals surface area (Å²) in [7, 11) is 0. The van der Waals surface area contributed by atoms with Crippen LogP contribution in [0.5, 0.6) is 0 Å². The van der Waals surface area contributed by atoms with Crippen LogP contribution in [0.2, 0.25) is 0 Å². The lowest BCUT2D eigenvalue weighted by Crippen LogP contribution is -2.71. The molecule has 5 N–H and O–H groups in total. The molecular weight excluding hydrogens is 332 g/mol. The molecule has 4 aliphatic rings. The van der Waals surface area contributed by atoms with Crippen molar-refractivity contribution in [1.29, 1.82) is 0 Å². The third-order valence-electron chi connectivity index (χ3n) is 9.24. The number of hydrogen-bond acceptors (Lipinski definition) is 5. The van der Waals surface area contributed by atoms with E-state index in [0.717, 1.165) is 12.8 Å². The number of allylic oxidation sites excluding steroid dienone is 1. The van der Waals surface area contributed by atoms with E-state index in [1.807, 2.05) is 0 Å². The van der Waals surface area contributed by atoms with E-state index in [-0.39, 0.29) is 23.4 Å². The highest BCUT2D eigenvalue weighted by Gasteiger charge is 2.75. The second-order valence-corrected chi connectivity index (χ2v) is 9.97. The highest BCUT2D eigenvalue weighted by molar-refractivity contribution is 5.31. The Hall–Kier alpha value is -0.460. The van der Waals surface area contributed by atoms with Gasteiger partial charge in [0.25, 0.3) is 0 Å².